The highest BCUT2D eigenvalue weighted by Gasteiger charge is 2.20. The van der Waals surface area contributed by atoms with Gasteiger partial charge in [0.2, 0.25) is 0 Å². The van der Waals surface area contributed by atoms with E-state index >= 15 is 0 Å². The van der Waals surface area contributed by atoms with Gasteiger partial charge in [-0.1, -0.05) is 48.0 Å². The Labute approximate surface area is 159 Å². The lowest BCUT2D eigenvalue weighted by atomic mass is 9.82. The maximum atomic E-state index is 10.2. The third-order valence-corrected chi connectivity index (χ3v) is 5.11. The molecule has 26 heavy (non-hydrogen) atoms. The highest BCUT2D eigenvalue weighted by Crippen LogP contribution is 2.38. The van der Waals surface area contributed by atoms with Crippen LogP contribution < -0.4 is 0 Å². The van der Waals surface area contributed by atoms with Crippen LogP contribution >= 0.6 is 11.6 Å². The van der Waals surface area contributed by atoms with Crippen molar-refractivity contribution in [1.29, 1.82) is 0 Å². The molecule has 0 saturated carbocycles. The molecule has 0 radical (unpaired) electrons. The number of aryl methyl sites for hydroxylation is 4. The van der Waals surface area contributed by atoms with Crippen molar-refractivity contribution in [3.05, 3.63) is 92.5 Å². The van der Waals surface area contributed by atoms with Crippen molar-refractivity contribution in [2.75, 3.05) is 0 Å². The fourth-order valence-corrected chi connectivity index (χ4v) is 3.77. The largest absolute Gasteiger partial charge is 0.507 e. The molecule has 0 spiro atoms. The first-order valence-electron chi connectivity index (χ1n) is 8.63. The van der Waals surface area contributed by atoms with Gasteiger partial charge in [0.05, 0.1) is 0 Å². The van der Waals surface area contributed by atoms with E-state index in [1.807, 2.05) is 70.2 Å². The van der Waals surface area contributed by atoms with Crippen LogP contribution in [0.2, 0.25) is 5.02 Å². The number of halogens is 1. The fourth-order valence-electron chi connectivity index (χ4n) is 3.58. The zero-order valence-corrected chi connectivity index (χ0v) is 16.2. The molecule has 3 aromatic rings. The summed E-state index contributed by atoms with van der Waals surface area (Å²) >= 11 is 6.26. The van der Waals surface area contributed by atoms with Gasteiger partial charge in [0.25, 0.3) is 0 Å². The van der Waals surface area contributed by atoms with Gasteiger partial charge >= 0.3 is 0 Å². The predicted molar refractivity (Wildman–Crippen MR) is 108 cm³/mol. The Morgan fingerprint density at radius 1 is 0.654 bits per heavy atom. The van der Waals surface area contributed by atoms with Crippen molar-refractivity contribution < 1.29 is 10.2 Å². The molecule has 0 fully saturated rings. The lowest BCUT2D eigenvalue weighted by Crippen LogP contribution is -2.05. The summed E-state index contributed by atoms with van der Waals surface area (Å²) in [6, 6.07) is 15.9. The summed E-state index contributed by atoms with van der Waals surface area (Å²) in [7, 11) is 0. The lowest BCUT2D eigenvalue weighted by Gasteiger charge is -2.22. The average molecular weight is 367 g/mol. The van der Waals surface area contributed by atoms with Gasteiger partial charge in [-0.05, 0) is 78.8 Å². The van der Waals surface area contributed by atoms with Crippen LogP contribution in [-0.4, -0.2) is 10.2 Å². The van der Waals surface area contributed by atoms with E-state index in [1.54, 1.807) is 0 Å². The van der Waals surface area contributed by atoms with Gasteiger partial charge in [-0.2, -0.15) is 0 Å². The fraction of sp³-hybridized carbons (Fsp3) is 0.217. The first kappa shape index (κ1) is 18.3. The van der Waals surface area contributed by atoms with Gasteiger partial charge in [-0.15, -0.1) is 0 Å². The molecule has 0 aromatic heterocycles. The SMILES string of the molecule is Cc1cc(C(c2cccc(Cl)c2)c2cc(C)c(O)c(C)c2)cc(C)c1O. The summed E-state index contributed by atoms with van der Waals surface area (Å²) in [5, 5.41) is 21.0. The summed E-state index contributed by atoms with van der Waals surface area (Å²) in [5.41, 5.74) is 6.64. The van der Waals surface area contributed by atoms with Crippen LogP contribution in [0.25, 0.3) is 0 Å². The average Bonchev–Trinajstić information content (AvgIpc) is 2.57. The Balaban J connectivity index is 2.27. The zero-order chi connectivity index (χ0) is 19.0. The van der Waals surface area contributed by atoms with Gasteiger partial charge in [0.1, 0.15) is 11.5 Å². The molecule has 3 rings (SSSR count). The van der Waals surface area contributed by atoms with Crippen LogP contribution in [0.4, 0.5) is 0 Å². The quantitative estimate of drug-likeness (QED) is 0.544. The second-order valence-corrected chi connectivity index (χ2v) is 7.43. The van der Waals surface area contributed by atoms with E-state index in [-0.39, 0.29) is 5.92 Å². The second kappa shape index (κ2) is 7.05. The molecule has 0 unspecified atom stereocenters. The number of hydrogen-bond donors (Lipinski definition) is 2. The monoisotopic (exact) mass is 366 g/mol. The van der Waals surface area contributed by atoms with Crippen molar-refractivity contribution in [1.82, 2.24) is 0 Å². The van der Waals surface area contributed by atoms with Crippen molar-refractivity contribution in [3.8, 4) is 11.5 Å². The molecule has 2 nitrogen and oxygen atoms in total. The molecule has 0 aliphatic heterocycles. The maximum Gasteiger partial charge on any atom is 0.121 e. The first-order chi connectivity index (χ1) is 12.3. The first-order valence-corrected chi connectivity index (χ1v) is 9.01. The van der Waals surface area contributed by atoms with Crippen LogP contribution in [0.1, 0.15) is 44.9 Å². The van der Waals surface area contributed by atoms with Crippen LogP contribution in [0, 0.1) is 27.7 Å². The number of benzene rings is 3. The van der Waals surface area contributed by atoms with Crippen LogP contribution in [0.15, 0.2) is 48.5 Å². The Bertz CT molecular complexity index is 872. The van der Waals surface area contributed by atoms with E-state index in [0.717, 1.165) is 38.9 Å². The van der Waals surface area contributed by atoms with Gasteiger partial charge in [-0.25, -0.2) is 0 Å². The number of hydrogen-bond acceptors (Lipinski definition) is 2. The normalized spacial score (nSPS) is 11.2. The Hall–Kier alpha value is -2.45. The maximum absolute atomic E-state index is 10.2. The highest BCUT2D eigenvalue weighted by atomic mass is 35.5. The minimum atomic E-state index is -0.0373. The molecular formula is C23H23ClO2. The Morgan fingerprint density at radius 3 is 1.46 bits per heavy atom. The van der Waals surface area contributed by atoms with E-state index in [0.29, 0.717) is 16.5 Å². The molecule has 0 aliphatic carbocycles. The zero-order valence-electron chi connectivity index (χ0n) is 15.5. The molecule has 134 valence electrons. The predicted octanol–water partition coefficient (Wildman–Crippen LogP) is 6.17. The van der Waals surface area contributed by atoms with Crippen LogP contribution in [-0.2, 0) is 0 Å². The summed E-state index contributed by atoms with van der Waals surface area (Å²) in [6.07, 6.45) is 0. The summed E-state index contributed by atoms with van der Waals surface area (Å²) in [6.45, 7) is 7.64. The van der Waals surface area contributed by atoms with Crippen molar-refractivity contribution in [3.63, 3.8) is 0 Å². The lowest BCUT2D eigenvalue weighted by molar-refractivity contribution is 0.466. The minimum Gasteiger partial charge on any atom is -0.507 e. The second-order valence-electron chi connectivity index (χ2n) is 6.99. The molecule has 0 saturated heterocycles. The molecule has 0 heterocycles. The molecule has 0 aliphatic rings. The molecule has 0 bridgehead atoms. The van der Waals surface area contributed by atoms with E-state index in [1.165, 1.54) is 0 Å². The molecule has 3 heteroatoms. The summed E-state index contributed by atoms with van der Waals surface area (Å²) in [5.74, 6) is 0.623. The minimum absolute atomic E-state index is 0.0373. The third kappa shape index (κ3) is 3.42. The summed E-state index contributed by atoms with van der Waals surface area (Å²) < 4.78 is 0. The van der Waals surface area contributed by atoms with Crippen LogP contribution in [0.3, 0.4) is 0 Å². The van der Waals surface area contributed by atoms with Gasteiger partial charge in [0, 0.05) is 10.9 Å². The van der Waals surface area contributed by atoms with E-state index in [9.17, 15) is 10.2 Å². The number of phenols is 2. The Morgan fingerprint density at radius 2 is 1.08 bits per heavy atom. The molecule has 0 atom stereocenters. The third-order valence-electron chi connectivity index (χ3n) is 4.88. The van der Waals surface area contributed by atoms with Crippen LogP contribution in [0.5, 0.6) is 11.5 Å². The molecule has 2 N–H and O–H groups in total. The van der Waals surface area contributed by atoms with Crippen molar-refractivity contribution >= 4 is 11.6 Å². The number of phenolic OH excluding ortho intramolecular Hbond substituents is 2. The molecule has 3 aromatic carbocycles. The highest BCUT2D eigenvalue weighted by molar-refractivity contribution is 6.30. The standard InChI is InChI=1S/C23H23ClO2/c1-13-8-18(9-14(2)22(13)25)21(17-6-5-7-20(24)12-17)19-10-15(3)23(26)16(4)11-19/h5-12,21,25-26H,1-4H3. The van der Waals surface area contributed by atoms with E-state index in [4.69, 9.17) is 11.6 Å². The van der Waals surface area contributed by atoms with Gasteiger partial charge in [0.15, 0.2) is 0 Å². The Kier molecular flexibility index (Phi) is 4.97. The molecule has 0 amide bonds. The number of aromatic hydroxyl groups is 2. The number of rotatable bonds is 3. The van der Waals surface area contributed by atoms with Crippen molar-refractivity contribution in [2.45, 2.75) is 33.6 Å². The van der Waals surface area contributed by atoms with E-state index < -0.39 is 0 Å². The van der Waals surface area contributed by atoms with Gasteiger partial charge in [-0.3, -0.25) is 0 Å². The van der Waals surface area contributed by atoms with E-state index in [2.05, 4.69) is 6.07 Å². The smallest absolute Gasteiger partial charge is 0.121 e. The van der Waals surface area contributed by atoms with Gasteiger partial charge < -0.3 is 10.2 Å². The topological polar surface area (TPSA) is 40.5 Å². The van der Waals surface area contributed by atoms with Crippen molar-refractivity contribution in [2.24, 2.45) is 0 Å². The molecular weight excluding hydrogens is 344 g/mol. The summed E-state index contributed by atoms with van der Waals surface area (Å²) in [4.78, 5) is 0.